The molecule has 4 nitrogen and oxygen atoms in total. The smallest absolute Gasteiger partial charge is 0.343 e. The molecular formula is C18H15FO4. The number of esters is 1. The van der Waals surface area contributed by atoms with Gasteiger partial charge in [-0.1, -0.05) is 18.2 Å². The highest BCUT2D eigenvalue weighted by Gasteiger charge is 2.05. The molecule has 0 radical (unpaired) electrons. The van der Waals surface area contributed by atoms with Gasteiger partial charge in [0.15, 0.2) is 12.4 Å². The van der Waals surface area contributed by atoms with Crippen molar-refractivity contribution in [2.45, 2.75) is 0 Å². The van der Waals surface area contributed by atoms with E-state index in [1.807, 2.05) is 0 Å². The molecule has 0 aromatic heterocycles. The van der Waals surface area contributed by atoms with Crippen LogP contribution in [0.25, 0.3) is 6.08 Å². The summed E-state index contributed by atoms with van der Waals surface area (Å²) in [5.41, 5.74) is 0.780. The third kappa shape index (κ3) is 4.78. The number of hydrogen-bond acceptors (Lipinski definition) is 4. The van der Waals surface area contributed by atoms with Crippen LogP contribution < -0.4 is 4.74 Å². The van der Waals surface area contributed by atoms with Crippen LogP contribution >= 0.6 is 0 Å². The summed E-state index contributed by atoms with van der Waals surface area (Å²) in [7, 11) is 1.27. The molecule has 0 amide bonds. The lowest BCUT2D eigenvalue weighted by atomic mass is 10.1. The molecule has 0 aliphatic heterocycles. The number of ether oxygens (including phenoxy) is 2. The average Bonchev–Trinajstić information content (AvgIpc) is 2.59. The van der Waals surface area contributed by atoms with E-state index in [2.05, 4.69) is 4.74 Å². The number of allylic oxidation sites excluding steroid dienone is 1. The topological polar surface area (TPSA) is 52.6 Å². The van der Waals surface area contributed by atoms with E-state index in [1.54, 1.807) is 42.5 Å². The number of ketones is 1. The summed E-state index contributed by atoms with van der Waals surface area (Å²) >= 11 is 0. The quantitative estimate of drug-likeness (QED) is 0.466. The first-order chi connectivity index (χ1) is 11.1. The van der Waals surface area contributed by atoms with Crippen LogP contribution in [0.2, 0.25) is 0 Å². The molecule has 0 aliphatic rings. The van der Waals surface area contributed by atoms with Gasteiger partial charge >= 0.3 is 5.97 Å². The first kappa shape index (κ1) is 16.4. The Bertz CT molecular complexity index is 720. The second-order valence-corrected chi connectivity index (χ2v) is 4.61. The van der Waals surface area contributed by atoms with E-state index in [0.29, 0.717) is 16.9 Å². The van der Waals surface area contributed by atoms with Gasteiger partial charge in [0.1, 0.15) is 11.6 Å². The van der Waals surface area contributed by atoms with Gasteiger partial charge in [-0.15, -0.1) is 0 Å². The van der Waals surface area contributed by atoms with E-state index >= 15 is 0 Å². The van der Waals surface area contributed by atoms with E-state index in [-0.39, 0.29) is 18.2 Å². The van der Waals surface area contributed by atoms with Gasteiger partial charge in [0.05, 0.1) is 7.11 Å². The summed E-state index contributed by atoms with van der Waals surface area (Å²) in [6.07, 6.45) is 2.74. The van der Waals surface area contributed by atoms with Crippen LogP contribution in [0.15, 0.2) is 54.6 Å². The van der Waals surface area contributed by atoms with Gasteiger partial charge in [0, 0.05) is 11.1 Å². The number of rotatable bonds is 6. The first-order valence-corrected chi connectivity index (χ1v) is 6.87. The molecule has 5 heteroatoms. The molecule has 0 atom stereocenters. The average molecular weight is 314 g/mol. The lowest BCUT2D eigenvalue weighted by Gasteiger charge is -2.05. The second kappa shape index (κ2) is 7.89. The number of halogens is 1. The van der Waals surface area contributed by atoms with Crippen LogP contribution in [0.3, 0.4) is 0 Å². The zero-order chi connectivity index (χ0) is 16.7. The number of benzene rings is 2. The van der Waals surface area contributed by atoms with Crippen LogP contribution in [0.1, 0.15) is 15.9 Å². The fourth-order valence-electron chi connectivity index (χ4n) is 1.79. The minimum Gasteiger partial charge on any atom is -0.482 e. The highest BCUT2D eigenvalue weighted by Crippen LogP contribution is 2.14. The van der Waals surface area contributed by atoms with E-state index < -0.39 is 5.97 Å². The maximum atomic E-state index is 13.5. The van der Waals surface area contributed by atoms with Gasteiger partial charge in [-0.05, 0) is 42.5 Å². The zero-order valence-electron chi connectivity index (χ0n) is 12.5. The van der Waals surface area contributed by atoms with E-state index in [9.17, 15) is 14.0 Å². The van der Waals surface area contributed by atoms with Crippen LogP contribution in [0, 0.1) is 5.82 Å². The fraction of sp³-hybridized carbons (Fsp3) is 0.111. The minimum absolute atomic E-state index is 0.197. The molecule has 0 unspecified atom stereocenters. The standard InChI is InChI=1S/C18H15FO4/c1-22-18(21)12-23-15-9-6-14(7-10-15)17(20)11-8-13-4-2-3-5-16(13)19/h2-11H,12H2,1H3/b11-8+. The van der Waals surface area contributed by atoms with E-state index in [0.717, 1.165) is 0 Å². The largest absolute Gasteiger partial charge is 0.482 e. The summed E-state index contributed by atoms with van der Waals surface area (Å²) in [5, 5.41) is 0. The second-order valence-electron chi connectivity index (χ2n) is 4.61. The van der Waals surface area contributed by atoms with Gasteiger partial charge in [-0.25, -0.2) is 9.18 Å². The summed E-state index contributed by atoms with van der Waals surface area (Å²) < 4.78 is 23.1. The SMILES string of the molecule is COC(=O)COc1ccc(C(=O)/C=C/c2ccccc2F)cc1. The molecule has 0 spiro atoms. The molecule has 0 fully saturated rings. The number of methoxy groups -OCH3 is 1. The first-order valence-electron chi connectivity index (χ1n) is 6.87. The van der Waals surface area contributed by atoms with E-state index in [4.69, 9.17) is 4.74 Å². The van der Waals surface area contributed by atoms with Gasteiger partial charge in [-0.3, -0.25) is 4.79 Å². The molecule has 23 heavy (non-hydrogen) atoms. The van der Waals surface area contributed by atoms with Gasteiger partial charge < -0.3 is 9.47 Å². The number of hydrogen-bond donors (Lipinski definition) is 0. The third-order valence-electron chi connectivity index (χ3n) is 3.04. The summed E-state index contributed by atoms with van der Waals surface area (Å²) in [5.74, 6) is -0.682. The number of carbonyl (C=O) groups is 2. The van der Waals surface area contributed by atoms with Crippen molar-refractivity contribution in [2.75, 3.05) is 13.7 Å². The highest BCUT2D eigenvalue weighted by molar-refractivity contribution is 6.06. The molecular weight excluding hydrogens is 299 g/mol. The molecule has 2 aromatic carbocycles. The van der Waals surface area contributed by atoms with Crippen molar-refractivity contribution in [3.63, 3.8) is 0 Å². The van der Waals surface area contributed by atoms with Crippen molar-refractivity contribution >= 4 is 17.8 Å². The Morgan fingerprint density at radius 2 is 1.78 bits per heavy atom. The van der Waals surface area contributed by atoms with Crippen molar-refractivity contribution in [3.05, 3.63) is 71.6 Å². The molecule has 0 saturated heterocycles. The monoisotopic (exact) mass is 314 g/mol. The highest BCUT2D eigenvalue weighted by atomic mass is 19.1. The molecule has 2 rings (SSSR count). The predicted octanol–water partition coefficient (Wildman–Crippen LogP) is 3.27. The maximum absolute atomic E-state index is 13.5. The zero-order valence-corrected chi connectivity index (χ0v) is 12.5. The Kier molecular flexibility index (Phi) is 5.63. The molecule has 2 aromatic rings. The Morgan fingerprint density at radius 3 is 2.43 bits per heavy atom. The summed E-state index contributed by atoms with van der Waals surface area (Å²) in [6, 6.07) is 12.5. The Balaban J connectivity index is 2.00. The van der Waals surface area contributed by atoms with Crippen LogP contribution in [-0.2, 0) is 9.53 Å². The maximum Gasteiger partial charge on any atom is 0.343 e. The van der Waals surface area contributed by atoms with Crippen LogP contribution in [0.5, 0.6) is 5.75 Å². The Hall–Kier alpha value is -2.95. The summed E-state index contributed by atoms with van der Waals surface area (Å²) in [6.45, 7) is -0.197. The number of carbonyl (C=O) groups excluding carboxylic acids is 2. The molecule has 0 N–H and O–H groups in total. The van der Waals surface area contributed by atoms with Crippen molar-refractivity contribution in [1.82, 2.24) is 0 Å². The van der Waals surface area contributed by atoms with Crippen molar-refractivity contribution in [1.29, 1.82) is 0 Å². The van der Waals surface area contributed by atoms with Crippen LogP contribution in [0.4, 0.5) is 4.39 Å². The van der Waals surface area contributed by atoms with Crippen molar-refractivity contribution < 1.29 is 23.5 Å². The van der Waals surface area contributed by atoms with Crippen LogP contribution in [-0.4, -0.2) is 25.5 Å². The van der Waals surface area contributed by atoms with Crippen molar-refractivity contribution in [2.24, 2.45) is 0 Å². The van der Waals surface area contributed by atoms with Gasteiger partial charge in [0.2, 0.25) is 0 Å². The predicted molar refractivity (Wildman–Crippen MR) is 83.7 cm³/mol. The van der Waals surface area contributed by atoms with E-state index in [1.165, 1.54) is 25.3 Å². The summed E-state index contributed by atoms with van der Waals surface area (Å²) in [4.78, 5) is 23.0. The molecule has 118 valence electrons. The molecule has 0 aliphatic carbocycles. The minimum atomic E-state index is -0.488. The lowest BCUT2D eigenvalue weighted by molar-refractivity contribution is -0.142. The Labute approximate surface area is 133 Å². The molecule has 0 bridgehead atoms. The van der Waals surface area contributed by atoms with Crippen molar-refractivity contribution in [3.8, 4) is 5.75 Å². The fourth-order valence-corrected chi connectivity index (χ4v) is 1.79. The third-order valence-corrected chi connectivity index (χ3v) is 3.04. The van der Waals surface area contributed by atoms with Gasteiger partial charge in [-0.2, -0.15) is 0 Å². The Morgan fingerprint density at radius 1 is 1.09 bits per heavy atom. The lowest BCUT2D eigenvalue weighted by Crippen LogP contribution is -2.12. The normalized spacial score (nSPS) is 10.5. The molecule has 0 heterocycles. The van der Waals surface area contributed by atoms with Gasteiger partial charge in [0.25, 0.3) is 0 Å². The molecule has 0 saturated carbocycles.